The number of rotatable bonds is 31. The molecule has 0 heterocycles. The van der Waals surface area contributed by atoms with E-state index < -0.39 is 6.16 Å². The number of ether oxygens (including phenoxy) is 2. The van der Waals surface area contributed by atoms with Gasteiger partial charge in [0.2, 0.25) is 0 Å². The van der Waals surface area contributed by atoms with Crippen LogP contribution in [0.15, 0.2) is 0 Å². The number of carbonyl (C=O) groups is 1. The van der Waals surface area contributed by atoms with E-state index in [1.54, 1.807) is 0 Å². The molecule has 0 saturated carbocycles. The lowest BCUT2D eigenvalue weighted by Crippen LogP contribution is -2.09. The molecular weight excluding hydrogens is 456 g/mol. The molecule has 0 aliphatic carbocycles. The van der Waals surface area contributed by atoms with Gasteiger partial charge in [0.25, 0.3) is 0 Å². The van der Waals surface area contributed by atoms with Gasteiger partial charge in [-0.25, -0.2) is 4.79 Å². The smallest absolute Gasteiger partial charge is 0.434 e. The molecule has 3 heteroatoms. The maximum Gasteiger partial charge on any atom is 0.508 e. The molecular formula is C34H68O3. The summed E-state index contributed by atoms with van der Waals surface area (Å²) < 4.78 is 10.2. The Morgan fingerprint density at radius 2 is 0.514 bits per heavy atom. The molecule has 0 aromatic rings. The second kappa shape index (κ2) is 33.3. The monoisotopic (exact) mass is 525 g/mol. The summed E-state index contributed by atoms with van der Waals surface area (Å²) in [6.45, 7) is 5.44. The van der Waals surface area contributed by atoms with Crippen LogP contribution in [-0.2, 0) is 9.47 Å². The van der Waals surface area contributed by atoms with E-state index in [0.717, 1.165) is 32.1 Å². The van der Waals surface area contributed by atoms with Crippen molar-refractivity contribution in [3.63, 3.8) is 0 Å². The van der Waals surface area contributed by atoms with Crippen LogP contribution in [0.1, 0.15) is 200 Å². The van der Waals surface area contributed by atoms with E-state index in [2.05, 4.69) is 13.8 Å². The van der Waals surface area contributed by atoms with Crippen LogP contribution >= 0.6 is 0 Å². The molecule has 0 aromatic carbocycles. The van der Waals surface area contributed by atoms with Gasteiger partial charge in [0.1, 0.15) is 0 Å². The van der Waals surface area contributed by atoms with Crippen molar-refractivity contribution in [2.75, 3.05) is 13.2 Å². The lowest BCUT2D eigenvalue weighted by Gasteiger charge is -2.06. The molecule has 0 rings (SSSR count). The standard InChI is InChI=1S/C34H68O3/c1-3-5-7-8-9-10-11-12-13-14-15-16-17-18-19-20-21-22-23-24-25-26-27-28-29-31-33-37-34(35)36-32-30-6-4-2/h3-33H2,1-2H3. The Hall–Kier alpha value is -0.730. The Balaban J connectivity index is 3.07. The highest BCUT2D eigenvalue weighted by molar-refractivity contribution is 5.59. The summed E-state index contributed by atoms with van der Waals surface area (Å²) in [5.74, 6) is 0. The average molecular weight is 525 g/mol. The second-order valence-electron chi connectivity index (χ2n) is 11.5. The minimum Gasteiger partial charge on any atom is -0.434 e. The van der Waals surface area contributed by atoms with Crippen LogP contribution in [0.25, 0.3) is 0 Å². The van der Waals surface area contributed by atoms with E-state index in [-0.39, 0.29) is 0 Å². The van der Waals surface area contributed by atoms with E-state index in [1.165, 1.54) is 154 Å². The summed E-state index contributed by atoms with van der Waals surface area (Å²) >= 11 is 0. The molecule has 0 radical (unpaired) electrons. The summed E-state index contributed by atoms with van der Waals surface area (Å²) in [7, 11) is 0. The Labute approximate surface area is 233 Å². The first-order valence-electron chi connectivity index (χ1n) is 17.1. The van der Waals surface area contributed by atoms with Crippen molar-refractivity contribution in [2.45, 2.75) is 200 Å². The van der Waals surface area contributed by atoms with Gasteiger partial charge in [-0.3, -0.25) is 0 Å². The molecule has 0 aliphatic heterocycles. The molecule has 0 aromatic heterocycles. The molecule has 0 unspecified atom stereocenters. The lowest BCUT2D eigenvalue weighted by atomic mass is 10.0. The number of hydrogen-bond acceptors (Lipinski definition) is 3. The first-order chi connectivity index (χ1) is 18.3. The maximum absolute atomic E-state index is 11.4. The first kappa shape index (κ1) is 36.3. The quantitative estimate of drug-likeness (QED) is 0.0668. The molecule has 0 aliphatic rings. The van der Waals surface area contributed by atoms with E-state index in [4.69, 9.17) is 9.47 Å². The van der Waals surface area contributed by atoms with Crippen molar-refractivity contribution in [3.8, 4) is 0 Å². The van der Waals surface area contributed by atoms with Crippen LogP contribution in [0, 0.1) is 0 Å². The van der Waals surface area contributed by atoms with Crippen LogP contribution in [0.5, 0.6) is 0 Å². The van der Waals surface area contributed by atoms with Crippen molar-refractivity contribution in [2.24, 2.45) is 0 Å². The third kappa shape index (κ3) is 33.2. The minimum absolute atomic E-state index is 0.490. The molecule has 3 nitrogen and oxygen atoms in total. The van der Waals surface area contributed by atoms with Crippen LogP contribution in [0.2, 0.25) is 0 Å². The fraction of sp³-hybridized carbons (Fsp3) is 0.971. The van der Waals surface area contributed by atoms with Gasteiger partial charge in [0.15, 0.2) is 0 Å². The molecule has 222 valence electrons. The van der Waals surface area contributed by atoms with Crippen LogP contribution in [0.4, 0.5) is 4.79 Å². The van der Waals surface area contributed by atoms with Crippen molar-refractivity contribution in [1.82, 2.24) is 0 Å². The Kier molecular flexibility index (Phi) is 32.6. The SMILES string of the molecule is CCCCCCCCCCCCCCCCCCCCCCCCCCCCOC(=O)OCCCCC. The molecule has 0 fully saturated rings. The van der Waals surface area contributed by atoms with Crippen molar-refractivity contribution >= 4 is 6.16 Å². The maximum atomic E-state index is 11.4. The summed E-state index contributed by atoms with van der Waals surface area (Å²) in [6.07, 6.45) is 39.2. The number of carbonyl (C=O) groups excluding carboxylic acids is 1. The van der Waals surface area contributed by atoms with Gasteiger partial charge in [-0.15, -0.1) is 0 Å². The summed E-state index contributed by atoms with van der Waals surface area (Å²) in [5, 5.41) is 0. The Morgan fingerprint density at radius 3 is 0.784 bits per heavy atom. The summed E-state index contributed by atoms with van der Waals surface area (Å²) in [6, 6.07) is 0. The summed E-state index contributed by atoms with van der Waals surface area (Å²) in [5.41, 5.74) is 0. The van der Waals surface area contributed by atoms with E-state index >= 15 is 0 Å². The zero-order valence-corrected chi connectivity index (χ0v) is 25.6. The predicted molar refractivity (Wildman–Crippen MR) is 163 cm³/mol. The van der Waals surface area contributed by atoms with Crippen molar-refractivity contribution in [3.05, 3.63) is 0 Å². The lowest BCUT2D eigenvalue weighted by molar-refractivity contribution is 0.0529. The molecule has 0 N–H and O–H groups in total. The van der Waals surface area contributed by atoms with Gasteiger partial charge in [-0.2, -0.15) is 0 Å². The number of unbranched alkanes of at least 4 members (excludes halogenated alkanes) is 27. The Bertz CT molecular complexity index is 423. The largest absolute Gasteiger partial charge is 0.508 e. The van der Waals surface area contributed by atoms with Crippen molar-refractivity contribution in [1.29, 1.82) is 0 Å². The fourth-order valence-corrected chi connectivity index (χ4v) is 5.12. The van der Waals surface area contributed by atoms with Gasteiger partial charge in [-0.05, 0) is 12.8 Å². The third-order valence-electron chi connectivity index (χ3n) is 7.69. The Morgan fingerprint density at radius 1 is 0.324 bits per heavy atom. The summed E-state index contributed by atoms with van der Waals surface area (Å²) in [4.78, 5) is 11.4. The molecule has 37 heavy (non-hydrogen) atoms. The van der Waals surface area contributed by atoms with Gasteiger partial charge >= 0.3 is 6.16 Å². The highest BCUT2D eigenvalue weighted by Crippen LogP contribution is 2.16. The van der Waals surface area contributed by atoms with E-state index in [9.17, 15) is 4.79 Å². The molecule has 0 bridgehead atoms. The zero-order chi connectivity index (χ0) is 26.9. The van der Waals surface area contributed by atoms with Crippen molar-refractivity contribution < 1.29 is 14.3 Å². The van der Waals surface area contributed by atoms with Crippen LogP contribution in [-0.4, -0.2) is 19.4 Å². The normalized spacial score (nSPS) is 11.2. The molecule has 0 spiro atoms. The second-order valence-corrected chi connectivity index (χ2v) is 11.5. The third-order valence-corrected chi connectivity index (χ3v) is 7.69. The molecule has 0 saturated heterocycles. The molecule has 0 atom stereocenters. The van der Waals surface area contributed by atoms with E-state index in [0.29, 0.717) is 13.2 Å². The first-order valence-corrected chi connectivity index (χ1v) is 17.1. The van der Waals surface area contributed by atoms with E-state index in [1.807, 2.05) is 0 Å². The number of hydrogen-bond donors (Lipinski definition) is 0. The predicted octanol–water partition coefficient (Wildman–Crippen LogP) is 12.5. The van der Waals surface area contributed by atoms with Gasteiger partial charge in [0.05, 0.1) is 13.2 Å². The van der Waals surface area contributed by atoms with Gasteiger partial charge in [0, 0.05) is 0 Å². The zero-order valence-electron chi connectivity index (χ0n) is 25.6. The van der Waals surface area contributed by atoms with Crippen LogP contribution in [0.3, 0.4) is 0 Å². The van der Waals surface area contributed by atoms with Crippen LogP contribution < -0.4 is 0 Å². The highest BCUT2D eigenvalue weighted by Gasteiger charge is 2.02. The van der Waals surface area contributed by atoms with Gasteiger partial charge < -0.3 is 9.47 Å². The highest BCUT2D eigenvalue weighted by atomic mass is 16.7. The topological polar surface area (TPSA) is 35.5 Å². The fourth-order valence-electron chi connectivity index (χ4n) is 5.12. The minimum atomic E-state index is -0.490. The molecule has 0 amide bonds. The average Bonchev–Trinajstić information content (AvgIpc) is 2.90. The van der Waals surface area contributed by atoms with Gasteiger partial charge in [-0.1, -0.05) is 187 Å².